The lowest BCUT2D eigenvalue weighted by Crippen LogP contribution is -2.27. The maximum Gasteiger partial charge on any atom is 0.310 e. The number of hydrogen-bond acceptors (Lipinski definition) is 7. The Kier molecular flexibility index (Phi) is 5.00. The first kappa shape index (κ1) is 17.0. The van der Waals surface area contributed by atoms with E-state index in [9.17, 15) is 29.7 Å². The summed E-state index contributed by atoms with van der Waals surface area (Å²) < 4.78 is 5.13. The summed E-state index contributed by atoms with van der Waals surface area (Å²) in [6.07, 6.45) is -2.58. The van der Waals surface area contributed by atoms with E-state index in [0.29, 0.717) is 0 Å². The average molecular weight is 322 g/mol. The Morgan fingerprint density at radius 1 is 1.17 bits per heavy atom. The molecule has 0 aliphatic carbocycles. The topological polar surface area (TPSA) is 121 Å². The third-order valence-electron chi connectivity index (χ3n) is 3.68. The number of Topliss-reactive ketones (excluding diaryl/α,β-unsaturated/α-hetero) is 2. The predicted octanol–water partition coefficient (Wildman–Crippen LogP) is 0.869. The zero-order chi connectivity index (χ0) is 17.1. The van der Waals surface area contributed by atoms with Gasteiger partial charge in [0.2, 0.25) is 0 Å². The van der Waals surface area contributed by atoms with Crippen LogP contribution >= 0.6 is 0 Å². The van der Waals surface area contributed by atoms with Crippen LogP contribution in [0.15, 0.2) is 12.1 Å². The van der Waals surface area contributed by atoms with Crippen LogP contribution < -0.4 is 0 Å². The second-order valence-electron chi connectivity index (χ2n) is 5.62. The SMILES string of the molecule is C[C@H]1CCC(=O)[C@@H](O)CC(=O)c2c(O)cc(O)cc2CC(=O)O1. The Morgan fingerprint density at radius 3 is 2.57 bits per heavy atom. The first-order chi connectivity index (χ1) is 10.8. The highest BCUT2D eigenvalue weighted by molar-refractivity contribution is 6.03. The zero-order valence-corrected chi connectivity index (χ0v) is 12.6. The minimum atomic E-state index is -1.48. The average Bonchev–Trinajstić information content (AvgIpc) is 2.42. The van der Waals surface area contributed by atoms with Gasteiger partial charge in [0.25, 0.3) is 0 Å². The van der Waals surface area contributed by atoms with Crippen molar-refractivity contribution in [3.63, 3.8) is 0 Å². The van der Waals surface area contributed by atoms with Crippen molar-refractivity contribution >= 4 is 17.5 Å². The monoisotopic (exact) mass is 322 g/mol. The lowest BCUT2D eigenvalue weighted by atomic mass is 9.94. The standard InChI is InChI=1S/C16H18O7/c1-8-2-3-11(18)12(19)7-14(21)16-9(5-15(22)23-8)4-10(17)6-13(16)20/h4,6,8,12,17,19-20H,2-3,5,7H2,1H3/t8-,12-/m0/s1. The molecule has 124 valence electrons. The van der Waals surface area contributed by atoms with Crippen LogP contribution in [0, 0.1) is 0 Å². The Bertz CT molecular complexity index is 650. The summed E-state index contributed by atoms with van der Waals surface area (Å²) in [6, 6.07) is 2.14. The Balaban J connectivity index is 2.45. The van der Waals surface area contributed by atoms with Crippen LogP contribution in [-0.2, 0) is 20.7 Å². The van der Waals surface area contributed by atoms with Crippen LogP contribution in [0.5, 0.6) is 11.5 Å². The van der Waals surface area contributed by atoms with Gasteiger partial charge in [-0.25, -0.2) is 0 Å². The number of rotatable bonds is 0. The Morgan fingerprint density at radius 2 is 1.87 bits per heavy atom. The van der Waals surface area contributed by atoms with E-state index in [1.54, 1.807) is 6.92 Å². The highest BCUT2D eigenvalue weighted by Crippen LogP contribution is 2.30. The van der Waals surface area contributed by atoms with Crippen molar-refractivity contribution in [2.75, 3.05) is 0 Å². The summed E-state index contributed by atoms with van der Waals surface area (Å²) in [5, 5.41) is 29.3. The summed E-state index contributed by atoms with van der Waals surface area (Å²) in [7, 11) is 0. The molecule has 0 unspecified atom stereocenters. The molecule has 0 saturated heterocycles. The number of carbonyl (C=O) groups excluding carboxylic acids is 3. The molecule has 0 fully saturated rings. The molecule has 23 heavy (non-hydrogen) atoms. The summed E-state index contributed by atoms with van der Waals surface area (Å²) in [5.41, 5.74) is -0.107. The smallest absolute Gasteiger partial charge is 0.310 e. The second-order valence-corrected chi connectivity index (χ2v) is 5.62. The van der Waals surface area contributed by atoms with Crippen LogP contribution in [0.1, 0.15) is 42.1 Å². The van der Waals surface area contributed by atoms with Gasteiger partial charge in [-0.1, -0.05) is 0 Å². The highest BCUT2D eigenvalue weighted by Gasteiger charge is 2.27. The fraction of sp³-hybridized carbons (Fsp3) is 0.438. The lowest BCUT2D eigenvalue weighted by Gasteiger charge is -2.18. The fourth-order valence-corrected chi connectivity index (χ4v) is 2.51. The number of benzene rings is 1. The van der Waals surface area contributed by atoms with Crippen molar-refractivity contribution in [3.05, 3.63) is 23.3 Å². The molecule has 0 radical (unpaired) electrons. The quantitative estimate of drug-likeness (QED) is 0.606. The third-order valence-corrected chi connectivity index (χ3v) is 3.68. The van der Waals surface area contributed by atoms with E-state index in [1.165, 1.54) is 6.07 Å². The highest BCUT2D eigenvalue weighted by atomic mass is 16.5. The van der Waals surface area contributed by atoms with Gasteiger partial charge in [0, 0.05) is 18.9 Å². The molecule has 1 aromatic carbocycles. The molecule has 1 aliphatic rings. The lowest BCUT2D eigenvalue weighted by molar-refractivity contribution is -0.148. The molecule has 0 bridgehead atoms. The van der Waals surface area contributed by atoms with E-state index in [2.05, 4.69) is 0 Å². The molecule has 1 heterocycles. The van der Waals surface area contributed by atoms with Gasteiger partial charge in [0.15, 0.2) is 11.6 Å². The largest absolute Gasteiger partial charge is 0.508 e. The number of aromatic hydroxyl groups is 2. The van der Waals surface area contributed by atoms with Gasteiger partial charge >= 0.3 is 5.97 Å². The van der Waals surface area contributed by atoms with Crippen molar-refractivity contribution in [1.29, 1.82) is 0 Å². The number of aliphatic hydroxyl groups excluding tert-OH is 1. The minimum absolute atomic E-state index is 0.0166. The van der Waals surface area contributed by atoms with Crippen molar-refractivity contribution in [2.45, 2.75) is 44.8 Å². The number of phenolic OH excluding ortho intramolecular Hbond substituents is 2. The van der Waals surface area contributed by atoms with Crippen molar-refractivity contribution in [1.82, 2.24) is 0 Å². The van der Waals surface area contributed by atoms with Crippen LogP contribution in [0.2, 0.25) is 0 Å². The number of phenols is 2. The van der Waals surface area contributed by atoms with E-state index >= 15 is 0 Å². The number of hydrogen-bond donors (Lipinski definition) is 3. The molecule has 2 atom stereocenters. The number of fused-ring (bicyclic) bond motifs is 1. The van der Waals surface area contributed by atoms with Crippen LogP contribution in [0.25, 0.3) is 0 Å². The molecule has 0 aromatic heterocycles. The first-order valence-electron chi connectivity index (χ1n) is 7.26. The number of ether oxygens (including phenoxy) is 1. The van der Waals surface area contributed by atoms with Crippen LogP contribution in [0.4, 0.5) is 0 Å². The van der Waals surface area contributed by atoms with E-state index < -0.39 is 41.9 Å². The van der Waals surface area contributed by atoms with Gasteiger partial charge in [0.05, 0.1) is 18.1 Å². The summed E-state index contributed by atoms with van der Waals surface area (Å²) in [6.45, 7) is 1.62. The molecule has 0 saturated carbocycles. The molecule has 0 amide bonds. The van der Waals surface area contributed by atoms with Gasteiger partial charge in [-0.15, -0.1) is 0 Å². The Labute approximate surface area is 132 Å². The number of ketones is 2. The maximum absolute atomic E-state index is 12.3. The second kappa shape index (κ2) is 6.78. The minimum Gasteiger partial charge on any atom is -0.508 e. The summed E-state index contributed by atoms with van der Waals surface area (Å²) in [5.74, 6) is -2.66. The van der Waals surface area contributed by atoms with Crippen molar-refractivity contribution in [3.8, 4) is 11.5 Å². The van der Waals surface area contributed by atoms with Crippen molar-refractivity contribution in [2.24, 2.45) is 0 Å². The van der Waals surface area contributed by atoms with E-state index in [1.807, 2.05) is 0 Å². The molecule has 1 aliphatic heterocycles. The number of carbonyl (C=O) groups is 3. The van der Waals surface area contributed by atoms with E-state index in [4.69, 9.17) is 4.74 Å². The molecule has 7 heteroatoms. The van der Waals surface area contributed by atoms with Crippen LogP contribution in [-0.4, -0.2) is 45.1 Å². The molecule has 2 rings (SSSR count). The molecule has 3 N–H and O–H groups in total. The Hall–Kier alpha value is -2.41. The molecular formula is C16H18O7. The number of aliphatic hydroxyl groups is 1. The zero-order valence-electron chi connectivity index (χ0n) is 12.6. The summed E-state index contributed by atoms with van der Waals surface area (Å²) in [4.78, 5) is 36.0. The predicted molar refractivity (Wildman–Crippen MR) is 78.2 cm³/mol. The normalized spacial score (nSPS) is 23.5. The van der Waals surface area contributed by atoms with Crippen LogP contribution in [0.3, 0.4) is 0 Å². The molecule has 7 nitrogen and oxygen atoms in total. The van der Waals surface area contributed by atoms with Crippen molar-refractivity contribution < 1.29 is 34.4 Å². The number of cyclic esters (lactones) is 1. The van der Waals surface area contributed by atoms with Gasteiger partial charge in [-0.3, -0.25) is 14.4 Å². The number of esters is 1. The van der Waals surface area contributed by atoms with Gasteiger partial charge in [0.1, 0.15) is 17.6 Å². The maximum atomic E-state index is 12.3. The molecular weight excluding hydrogens is 304 g/mol. The molecule has 0 spiro atoms. The van der Waals surface area contributed by atoms with Gasteiger partial charge in [-0.2, -0.15) is 0 Å². The van der Waals surface area contributed by atoms with Gasteiger partial charge < -0.3 is 20.1 Å². The van der Waals surface area contributed by atoms with Gasteiger partial charge in [-0.05, 0) is 25.0 Å². The van der Waals surface area contributed by atoms with E-state index in [0.717, 1.165) is 6.07 Å². The third kappa shape index (κ3) is 4.07. The first-order valence-corrected chi connectivity index (χ1v) is 7.26. The summed E-state index contributed by atoms with van der Waals surface area (Å²) >= 11 is 0. The van der Waals surface area contributed by atoms with E-state index in [-0.39, 0.29) is 36.1 Å². The fourth-order valence-electron chi connectivity index (χ4n) is 2.51. The molecule has 1 aromatic rings.